The number of unbranched alkanes of at least 4 members (excludes halogenated alkanes) is 1. The lowest BCUT2D eigenvalue weighted by molar-refractivity contribution is -0.141. The van der Waals surface area contributed by atoms with E-state index in [1.165, 1.54) is 0 Å². The van der Waals surface area contributed by atoms with Gasteiger partial charge in [0, 0.05) is 38.6 Å². The maximum Gasteiger partial charge on any atom is 0.407 e. The number of benzene rings is 1. The van der Waals surface area contributed by atoms with Gasteiger partial charge in [-0.15, -0.1) is 0 Å². The minimum atomic E-state index is -1.05. The van der Waals surface area contributed by atoms with Crippen LogP contribution in [0.2, 0.25) is 0 Å². The monoisotopic (exact) mass is 912 g/mol. The standard InChI is InChI=1S/C36H63N3O8.C7H14O2.C5H12N2O/c1-12-45-16-13-17-46-31-19-25(14-15-30(31)44-11)18-26(23(2)3)20-28(39-34(43)47-35(6,7)8)29(40)21-27(24(4)5)32(41)38-22-36(9,10)33(37)42;1-3-4-5-6(2)7(8)9;1-5(2,3-6)4(7)8/h14-15,19,23-24,26-29,40H,12-13,16-18,20-22H2,1-11H3,(H2,37,42)(H,38,41)(H,39,43);6H,3-5H2,1-2H3,(H,8,9);3,6H2,1-2H3,(H2,7,8)/t26?,27?,28-,29-;;/m0../s1. The van der Waals surface area contributed by atoms with Crippen molar-refractivity contribution in [1.29, 1.82) is 0 Å². The van der Waals surface area contributed by atoms with Gasteiger partial charge in [-0.3, -0.25) is 19.2 Å². The summed E-state index contributed by atoms with van der Waals surface area (Å²) >= 11 is 0. The topological polar surface area (TPSA) is 265 Å². The first-order valence-corrected chi connectivity index (χ1v) is 22.8. The van der Waals surface area contributed by atoms with Gasteiger partial charge in [0.15, 0.2) is 11.5 Å². The molecule has 1 rings (SSSR count). The molecular weight excluding hydrogens is 823 g/mol. The predicted octanol–water partition coefficient (Wildman–Crippen LogP) is 6.60. The molecule has 0 heterocycles. The van der Waals surface area contributed by atoms with Gasteiger partial charge in [-0.05, 0) is 117 Å². The molecule has 16 heteroatoms. The van der Waals surface area contributed by atoms with E-state index in [4.69, 9.17) is 41.3 Å². The summed E-state index contributed by atoms with van der Waals surface area (Å²) in [6.07, 6.45) is 3.19. The molecule has 5 atom stereocenters. The molecule has 0 bridgehead atoms. The summed E-state index contributed by atoms with van der Waals surface area (Å²) in [5.74, 6) is -1.13. The minimum absolute atomic E-state index is 0.0477. The number of carboxylic acid groups (broad SMARTS) is 1. The summed E-state index contributed by atoms with van der Waals surface area (Å²) in [4.78, 5) is 58.7. The Bertz CT molecular complexity index is 1530. The zero-order valence-electron chi connectivity index (χ0n) is 42.1. The molecule has 0 spiro atoms. The van der Waals surface area contributed by atoms with Gasteiger partial charge < -0.3 is 57.0 Å². The van der Waals surface area contributed by atoms with E-state index in [2.05, 4.69) is 31.4 Å². The number of hydrogen-bond acceptors (Lipinski definition) is 11. The fraction of sp³-hybridized carbons (Fsp3) is 0.771. The summed E-state index contributed by atoms with van der Waals surface area (Å²) < 4.78 is 22.5. The van der Waals surface area contributed by atoms with Crippen molar-refractivity contribution < 1.29 is 53.1 Å². The summed E-state index contributed by atoms with van der Waals surface area (Å²) in [7, 11) is 1.61. The molecule has 4 amide bonds. The molecule has 0 saturated carbocycles. The molecule has 16 nitrogen and oxygen atoms in total. The Morgan fingerprint density at radius 1 is 0.812 bits per heavy atom. The van der Waals surface area contributed by atoms with Crippen molar-refractivity contribution in [3.05, 3.63) is 23.8 Å². The molecule has 0 aliphatic carbocycles. The van der Waals surface area contributed by atoms with Crippen LogP contribution in [0.3, 0.4) is 0 Å². The molecule has 0 aromatic heterocycles. The van der Waals surface area contributed by atoms with E-state index in [9.17, 15) is 29.1 Å². The molecule has 0 aliphatic rings. The lowest BCUT2D eigenvalue weighted by Crippen LogP contribution is -2.49. The smallest absolute Gasteiger partial charge is 0.407 e. The van der Waals surface area contributed by atoms with Gasteiger partial charge >= 0.3 is 12.1 Å². The molecule has 64 heavy (non-hydrogen) atoms. The van der Waals surface area contributed by atoms with Crippen LogP contribution in [0.4, 0.5) is 4.79 Å². The first-order chi connectivity index (χ1) is 29.5. The highest BCUT2D eigenvalue weighted by Crippen LogP contribution is 2.32. The van der Waals surface area contributed by atoms with Crippen LogP contribution >= 0.6 is 0 Å². The highest BCUT2D eigenvalue weighted by atomic mass is 16.6. The van der Waals surface area contributed by atoms with E-state index in [1.54, 1.807) is 62.5 Å². The van der Waals surface area contributed by atoms with E-state index in [-0.39, 0.29) is 48.5 Å². The Hall–Kier alpha value is -4.15. The van der Waals surface area contributed by atoms with Gasteiger partial charge in [-0.2, -0.15) is 0 Å². The van der Waals surface area contributed by atoms with E-state index in [0.29, 0.717) is 50.7 Å². The molecule has 372 valence electrons. The number of aliphatic hydroxyl groups excluding tert-OH is 1. The van der Waals surface area contributed by atoms with Crippen molar-refractivity contribution in [3.8, 4) is 11.5 Å². The second-order valence-electron chi connectivity index (χ2n) is 19.5. The Morgan fingerprint density at radius 3 is 1.84 bits per heavy atom. The molecule has 1 aromatic rings. The van der Waals surface area contributed by atoms with E-state index in [0.717, 1.165) is 31.2 Å². The Morgan fingerprint density at radius 2 is 1.41 bits per heavy atom. The number of primary amides is 2. The van der Waals surface area contributed by atoms with E-state index < -0.39 is 52.5 Å². The summed E-state index contributed by atoms with van der Waals surface area (Å²) in [5.41, 5.74) is 14.5. The Balaban J connectivity index is 0. The first kappa shape index (κ1) is 61.9. The SMILES string of the molecule is CC(C)(CN)C(N)=O.CCCCC(C)C(=O)O.CCOCCCOc1cc(CC(C[C@H](NC(=O)OC(C)(C)C)[C@@H](O)CC(C(=O)NCC(C)(C)C(N)=O)C(C)C)C(C)C)ccc1OC. The van der Waals surface area contributed by atoms with Crippen LogP contribution < -0.4 is 37.3 Å². The van der Waals surface area contributed by atoms with Crippen LogP contribution in [0, 0.1) is 40.4 Å². The zero-order chi connectivity index (χ0) is 50.0. The quantitative estimate of drug-likeness (QED) is 0.0460. The van der Waals surface area contributed by atoms with Gasteiger partial charge in [0.1, 0.15) is 5.60 Å². The van der Waals surface area contributed by atoms with Crippen molar-refractivity contribution in [2.75, 3.05) is 40.0 Å². The molecule has 0 saturated heterocycles. The van der Waals surface area contributed by atoms with Crippen molar-refractivity contribution in [1.82, 2.24) is 10.6 Å². The second kappa shape index (κ2) is 30.9. The average Bonchev–Trinajstić information content (AvgIpc) is 3.19. The number of ether oxygens (including phenoxy) is 4. The Kier molecular flexibility index (Phi) is 29.9. The average molecular weight is 912 g/mol. The number of nitrogens with two attached hydrogens (primary N) is 3. The van der Waals surface area contributed by atoms with Crippen LogP contribution in [0.15, 0.2) is 18.2 Å². The first-order valence-electron chi connectivity index (χ1n) is 22.8. The van der Waals surface area contributed by atoms with Gasteiger partial charge in [0.05, 0.1) is 42.6 Å². The lowest BCUT2D eigenvalue weighted by atomic mass is 9.80. The van der Waals surface area contributed by atoms with Crippen molar-refractivity contribution >= 4 is 29.8 Å². The number of rotatable bonds is 27. The summed E-state index contributed by atoms with van der Waals surface area (Å²) in [6, 6.07) is 5.18. The third-order valence-electron chi connectivity index (χ3n) is 10.9. The number of carboxylic acids is 1. The van der Waals surface area contributed by atoms with Crippen LogP contribution in [0.1, 0.15) is 141 Å². The third kappa shape index (κ3) is 26.6. The number of aliphatic carboxylic acids is 1. The van der Waals surface area contributed by atoms with Crippen LogP contribution in [0.5, 0.6) is 11.5 Å². The number of carbonyl (C=O) groups is 5. The van der Waals surface area contributed by atoms with Gasteiger partial charge in [-0.25, -0.2) is 4.79 Å². The second-order valence-corrected chi connectivity index (χ2v) is 19.5. The van der Waals surface area contributed by atoms with E-state index in [1.807, 2.05) is 39.0 Å². The number of amides is 4. The number of carbonyl (C=O) groups excluding carboxylic acids is 4. The predicted molar refractivity (Wildman–Crippen MR) is 253 cm³/mol. The highest BCUT2D eigenvalue weighted by molar-refractivity contribution is 5.83. The number of methoxy groups -OCH3 is 1. The maximum atomic E-state index is 13.3. The lowest BCUT2D eigenvalue weighted by Gasteiger charge is -2.33. The van der Waals surface area contributed by atoms with Crippen LogP contribution in [0.25, 0.3) is 0 Å². The molecule has 1 aromatic carbocycles. The number of nitrogens with one attached hydrogen (secondary N) is 2. The third-order valence-corrected chi connectivity index (χ3v) is 10.9. The number of aliphatic hydroxyl groups is 1. The molecular formula is C48H89N5O11. The van der Waals surface area contributed by atoms with Gasteiger partial charge in [0.25, 0.3) is 0 Å². The van der Waals surface area contributed by atoms with Gasteiger partial charge in [-0.1, -0.05) is 60.5 Å². The fourth-order valence-electron chi connectivity index (χ4n) is 5.81. The van der Waals surface area contributed by atoms with Crippen molar-refractivity contribution in [2.24, 2.45) is 57.6 Å². The molecule has 0 fully saturated rings. The molecule has 3 unspecified atom stereocenters. The number of hydrogen-bond donors (Lipinski definition) is 7. The van der Waals surface area contributed by atoms with Crippen molar-refractivity contribution in [3.63, 3.8) is 0 Å². The Labute approximate surface area is 385 Å². The molecule has 0 radical (unpaired) electrons. The maximum absolute atomic E-state index is 13.3. The normalized spacial score (nSPS) is 14.0. The summed E-state index contributed by atoms with van der Waals surface area (Å²) in [6.45, 7) is 28.1. The van der Waals surface area contributed by atoms with Gasteiger partial charge in [0.2, 0.25) is 17.7 Å². The largest absolute Gasteiger partial charge is 0.493 e. The van der Waals surface area contributed by atoms with E-state index >= 15 is 0 Å². The van der Waals surface area contributed by atoms with Crippen molar-refractivity contribution in [2.45, 2.75) is 160 Å². The fourth-order valence-corrected chi connectivity index (χ4v) is 5.81. The molecule has 0 aliphatic heterocycles. The number of alkyl carbamates (subject to hydrolysis) is 1. The highest BCUT2D eigenvalue weighted by Gasteiger charge is 2.34. The van der Waals surface area contributed by atoms with Crippen LogP contribution in [-0.4, -0.2) is 97.8 Å². The summed E-state index contributed by atoms with van der Waals surface area (Å²) in [5, 5.41) is 25.8. The van der Waals surface area contributed by atoms with Crippen LogP contribution in [-0.2, 0) is 35.1 Å². The molecule has 10 N–H and O–H groups in total. The zero-order valence-corrected chi connectivity index (χ0v) is 42.1. The minimum Gasteiger partial charge on any atom is -0.493 e.